The minimum atomic E-state index is 0.117. The van der Waals surface area contributed by atoms with Gasteiger partial charge < -0.3 is 10.2 Å². The number of hydrogen-bond acceptors (Lipinski definition) is 4. The molecule has 0 spiro atoms. The van der Waals surface area contributed by atoms with Crippen LogP contribution in [0.3, 0.4) is 0 Å². The Morgan fingerprint density at radius 3 is 3.00 bits per heavy atom. The average Bonchev–Trinajstić information content (AvgIpc) is 2.81. The first-order chi connectivity index (χ1) is 7.33. The minimum absolute atomic E-state index is 0.117. The van der Waals surface area contributed by atoms with Crippen molar-refractivity contribution < 1.29 is 4.42 Å². The second-order valence-electron chi connectivity index (χ2n) is 3.74. The lowest BCUT2D eigenvalue weighted by atomic mass is 10.0. The number of hydrogen-bond donors (Lipinski definition) is 1. The van der Waals surface area contributed by atoms with Crippen LogP contribution in [0.5, 0.6) is 0 Å². The van der Waals surface area contributed by atoms with Gasteiger partial charge >= 0.3 is 0 Å². The standard InChI is InChI=1S/C11H17NOS2/c1-2-9-11(15-6-5-14-9)10(12)8-3-4-13-7-8/h3-4,7,9-11H,2,5-6,12H2,1H3. The van der Waals surface area contributed by atoms with Crippen molar-refractivity contribution in [3.63, 3.8) is 0 Å². The van der Waals surface area contributed by atoms with Gasteiger partial charge in [0.05, 0.1) is 12.5 Å². The fraction of sp³-hybridized carbons (Fsp3) is 0.636. The van der Waals surface area contributed by atoms with Crippen LogP contribution in [0.15, 0.2) is 23.0 Å². The average molecular weight is 243 g/mol. The summed E-state index contributed by atoms with van der Waals surface area (Å²) in [6, 6.07) is 2.10. The summed E-state index contributed by atoms with van der Waals surface area (Å²) in [5.41, 5.74) is 7.42. The van der Waals surface area contributed by atoms with Gasteiger partial charge in [0.25, 0.3) is 0 Å². The van der Waals surface area contributed by atoms with Crippen LogP contribution in [-0.2, 0) is 0 Å². The van der Waals surface area contributed by atoms with E-state index in [9.17, 15) is 0 Å². The van der Waals surface area contributed by atoms with E-state index in [0.29, 0.717) is 10.5 Å². The van der Waals surface area contributed by atoms with Crippen molar-refractivity contribution in [2.75, 3.05) is 11.5 Å². The summed E-state index contributed by atoms with van der Waals surface area (Å²) in [6.45, 7) is 2.25. The molecule has 15 heavy (non-hydrogen) atoms. The second-order valence-corrected chi connectivity index (χ2v) is 6.37. The van der Waals surface area contributed by atoms with E-state index in [-0.39, 0.29) is 6.04 Å². The molecule has 4 heteroatoms. The third-order valence-corrected chi connectivity index (χ3v) is 6.15. The van der Waals surface area contributed by atoms with Crippen molar-refractivity contribution in [2.45, 2.75) is 29.9 Å². The third-order valence-electron chi connectivity index (χ3n) is 2.78. The van der Waals surface area contributed by atoms with Gasteiger partial charge in [-0.2, -0.15) is 23.5 Å². The summed E-state index contributed by atoms with van der Waals surface area (Å²) < 4.78 is 5.10. The molecule has 2 nitrogen and oxygen atoms in total. The van der Waals surface area contributed by atoms with Gasteiger partial charge in [-0.1, -0.05) is 6.92 Å². The van der Waals surface area contributed by atoms with Gasteiger partial charge in [0.15, 0.2) is 0 Å². The molecule has 0 radical (unpaired) electrons. The van der Waals surface area contributed by atoms with Crippen molar-refractivity contribution in [2.24, 2.45) is 5.73 Å². The van der Waals surface area contributed by atoms with Gasteiger partial charge in [0, 0.05) is 33.6 Å². The Labute approximate surface area is 99.4 Å². The van der Waals surface area contributed by atoms with Crippen LogP contribution >= 0.6 is 23.5 Å². The van der Waals surface area contributed by atoms with Gasteiger partial charge in [-0.15, -0.1) is 0 Å². The molecule has 0 amide bonds. The lowest BCUT2D eigenvalue weighted by molar-refractivity contribution is 0.553. The molecule has 0 aromatic carbocycles. The van der Waals surface area contributed by atoms with Crippen LogP contribution in [0, 0.1) is 0 Å². The molecular weight excluding hydrogens is 226 g/mol. The van der Waals surface area contributed by atoms with Gasteiger partial charge in [-0.3, -0.25) is 0 Å². The van der Waals surface area contributed by atoms with Crippen LogP contribution in [0.2, 0.25) is 0 Å². The zero-order valence-electron chi connectivity index (χ0n) is 8.89. The lowest BCUT2D eigenvalue weighted by Crippen LogP contribution is -2.35. The van der Waals surface area contributed by atoms with E-state index >= 15 is 0 Å². The molecule has 2 heterocycles. The van der Waals surface area contributed by atoms with E-state index in [2.05, 4.69) is 18.7 Å². The van der Waals surface area contributed by atoms with E-state index in [1.807, 2.05) is 17.8 Å². The highest BCUT2D eigenvalue weighted by molar-refractivity contribution is 8.07. The quantitative estimate of drug-likeness (QED) is 0.886. The van der Waals surface area contributed by atoms with Gasteiger partial charge in [-0.25, -0.2) is 0 Å². The minimum Gasteiger partial charge on any atom is -0.472 e. The summed E-state index contributed by atoms with van der Waals surface area (Å²) in [5, 5.41) is 1.22. The SMILES string of the molecule is CCC1SCCSC1C(N)c1ccoc1. The monoisotopic (exact) mass is 243 g/mol. The summed E-state index contributed by atoms with van der Waals surface area (Å²) in [7, 11) is 0. The molecule has 3 unspecified atom stereocenters. The fourth-order valence-electron chi connectivity index (χ4n) is 1.93. The summed E-state index contributed by atoms with van der Waals surface area (Å²) >= 11 is 4.08. The summed E-state index contributed by atoms with van der Waals surface area (Å²) in [4.78, 5) is 0. The van der Waals surface area contributed by atoms with Crippen LogP contribution < -0.4 is 5.73 Å². The maximum atomic E-state index is 6.29. The molecule has 2 N–H and O–H groups in total. The van der Waals surface area contributed by atoms with Gasteiger partial charge in [-0.05, 0) is 12.5 Å². The Morgan fingerprint density at radius 1 is 1.53 bits per heavy atom. The van der Waals surface area contributed by atoms with Crippen molar-refractivity contribution in [3.8, 4) is 0 Å². The van der Waals surface area contributed by atoms with Crippen LogP contribution in [0.25, 0.3) is 0 Å². The molecule has 1 aromatic heterocycles. The zero-order chi connectivity index (χ0) is 10.7. The highest BCUT2D eigenvalue weighted by atomic mass is 32.2. The first kappa shape index (κ1) is 11.4. The highest BCUT2D eigenvalue weighted by Crippen LogP contribution is 2.39. The normalized spacial score (nSPS) is 28.9. The van der Waals surface area contributed by atoms with Crippen molar-refractivity contribution in [3.05, 3.63) is 24.2 Å². The molecule has 1 aliphatic heterocycles. The molecule has 1 aliphatic rings. The van der Waals surface area contributed by atoms with Crippen molar-refractivity contribution >= 4 is 23.5 Å². The zero-order valence-corrected chi connectivity index (χ0v) is 10.5. The van der Waals surface area contributed by atoms with E-state index < -0.39 is 0 Å². The number of furan rings is 1. The molecule has 84 valence electrons. The lowest BCUT2D eigenvalue weighted by Gasteiger charge is -2.33. The van der Waals surface area contributed by atoms with Crippen LogP contribution in [0.1, 0.15) is 24.9 Å². The highest BCUT2D eigenvalue weighted by Gasteiger charge is 2.31. The van der Waals surface area contributed by atoms with Crippen LogP contribution in [-0.4, -0.2) is 22.0 Å². The molecule has 1 fully saturated rings. The summed E-state index contributed by atoms with van der Waals surface area (Å²) in [5.74, 6) is 2.48. The molecule has 0 bridgehead atoms. The Kier molecular flexibility index (Phi) is 4.05. The number of thioether (sulfide) groups is 2. The molecular formula is C11H17NOS2. The predicted octanol–water partition coefficient (Wildman–Crippen LogP) is 2.91. The number of rotatable bonds is 3. The largest absolute Gasteiger partial charge is 0.472 e. The Morgan fingerprint density at radius 2 is 2.33 bits per heavy atom. The Hall–Kier alpha value is -0.0600. The van der Waals surface area contributed by atoms with E-state index in [4.69, 9.17) is 10.2 Å². The molecule has 0 aliphatic carbocycles. The molecule has 0 saturated carbocycles. The molecule has 1 aromatic rings. The molecule has 1 saturated heterocycles. The van der Waals surface area contributed by atoms with Gasteiger partial charge in [0.2, 0.25) is 0 Å². The molecule has 3 atom stereocenters. The number of nitrogens with two attached hydrogens (primary N) is 1. The van der Waals surface area contributed by atoms with E-state index in [0.717, 1.165) is 5.56 Å². The Bertz CT molecular complexity index is 289. The third kappa shape index (κ3) is 2.55. The first-order valence-corrected chi connectivity index (χ1v) is 7.43. The topological polar surface area (TPSA) is 39.2 Å². The fourth-order valence-corrected chi connectivity index (χ4v) is 5.11. The van der Waals surface area contributed by atoms with Gasteiger partial charge in [0.1, 0.15) is 0 Å². The predicted molar refractivity (Wildman–Crippen MR) is 68.4 cm³/mol. The maximum absolute atomic E-state index is 6.29. The first-order valence-electron chi connectivity index (χ1n) is 5.33. The Balaban J connectivity index is 2.07. The molecule has 2 rings (SSSR count). The smallest absolute Gasteiger partial charge is 0.0950 e. The van der Waals surface area contributed by atoms with Crippen molar-refractivity contribution in [1.82, 2.24) is 0 Å². The van der Waals surface area contributed by atoms with E-state index in [1.54, 1.807) is 12.5 Å². The van der Waals surface area contributed by atoms with Crippen molar-refractivity contribution in [1.29, 1.82) is 0 Å². The van der Waals surface area contributed by atoms with Crippen LogP contribution in [0.4, 0.5) is 0 Å². The second kappa shape index (κ2) is 5.32. The maximum Gasteiger partial charge on any atom is 0.0950 e. The van der Waals surface area contributed by atoms with E-state index in [1.165, 1.54) is 17.9 Å². The summed E-state index contributed by atoms with van der Waals surface area (Å²) in [6.07, 6.45) is 4.68.